The zero-order valence-electron chi connectivity index (χ0n) is 8.67. The predicted molar refractivity (Wildman–Crippen MR) is 55.1 cm³/mol. The molecule has 4 heteroatoms. The van der Waals surface area contributed by atoms with E-state index < -0.39 is 17.8 Å². The number of aldehydes is 1. The van der Waals surface area contributed by atoms with E-state index in [-0.39, 0.29) is 5.78 Å². The lowest BCUT2D eigenvalue weighted by molar-refractivity contribution is -0.144. The van der Waals surface area contributed by atoms with Gasteiger partial charge in [-0.25, -0.2) is 0 Å². The summed E-state index contributed by atoms with van der Waals surface area (Å²) in [5, 5.41) is 0. The molecule has 16 heavy (non-hydrogen) atoms. The molecule has 4 nitrogen and oxygen atoms in total. The largest absolute Gasteiger partial charge is 0.469 e. The first-order chi connectivity index (χ1) is 7.70. The van der Waals surface area contributed by atoms with E-state index in [1.165, 1.54) is 7.11 Å². The van der Waals surface area contributed by atoms with E-state index in [2.05, 4.69) is 4.74 Å². The third-order valence-corrected chi connectivity index (χ3v) is 2.82. The number of carbonyl (C=O) groups is 3. The van der Waals surface area contributed by atoms with Crippen LogP contribution in [0.25, 0.3) is 0 Å². The molecule has 0 aliphatic heterocycles. The predicted octanol–water partition coefficient (Wildman–Crippen LogP) is 0.955. The third kappa shape index (κ3) is 1.34. The van der Waals surface area contributed by atoms with Gasteiger partial charge in [0, 0.05) is 5.56 Å². The fourth-order valence-electron chi connectivity index (χ4n) is 2.06. The smallest absolute Gasteiger partial charge is 0.314 e. The van der Waals surface area contributed by atoms with Crippen LogP contribution in [0.3, 0.4) is 0 Å². The number of ketones is 1. The lowest BCUT2D eigenvalue weighted by atomic mass is 9.93. The van der Waals surface area contributed by atoms with Crippen LogP contribution in [0.4, 0.5) is 0 Å². The van der Waals surface area contributed by atoms with Crippen LogP contribution < -0.4 is 0 Å². The molecular formula is C12H10O4. The number of methoxy groups -OCH3 is 1. The molecule has 0 amide bonds. The second-order valence-electron chi connectivity index (χ2n) is 3.61. The van der Waals surface area contributed by atoms with Crippen LogP contribution >= 0.6 is 0 Å². The Morgan fingerprint density at radius 2 is 2.06 bits per heavy atom. The van der Waals surface area contributed by atoms with Crippen molar-refractivity contribution in [2.24, 2.45) is 5.92 Å². The second-order valence-corrected chi connectivity index (χ2v) is 3.61. The first-order valence-electron chi connectivity index (χ1n) is 4.87. The Hall–Kier alpha value is -1.97. The molecule has 1 aromatic carbocycles. The lowest BCUT2D eigenvalue weighted by Crippen LogP contribution is -2.23. The first kappa shape index (κ1) is 10.5. The average molecular weight is 218 g/mol. The summed E-state index contributed by atoms with van der Waals surface area (Å²) < 4.78 is 4.62. The second kappa shape index (κ2) is 3.89. The van der Waals surface area contributed by atoms with Gasteiger partial charge in [0.2, 0.25) is 0 Å². The highest BCUT2D eigenvalue weighted by Crippen LogP contribution is 2.37. The number of Topliss-reactive ketones (excluding diaryl/α,β-unsaturated/α-hetero) is 1. The van der Waals surface area contributed by atoms with Gasteiger partial charge in [0.15, 0.2) is 5.78 Å². The van der Waals surface area contributed by atoms with Crippen LogP contribution in [0.15, 0.2) is 24.3 Å². The van der Waals surface area contributed by atoms with Gasteiger partial charge in [-0.2, -0.15) is 0 Å². The molecule has 0 heterocycles. The Bertz CT molecular complexity index is 464. The molecule has 2 rings (SSSR count). The zero-order chi connectivity index (χ0) is 11.7. The molecule has 0 radical (unpaired) electrons. The lowest BCUT2D eigenvalue weighted by Gasteiger charge is -2.11. The van der Waals surface area contributed by atoms with Crippen LogP contribution in [-0.2, 0) is 14.3 Å². The Labute approximate surface area is 92.2 Å². The molecule has 0 spiro atoms. The number of carbonyl (C=O) groups excluding carboxylic acids is 3. The SMILES string of the molecule is COC(=O)C1c2ccccc2C(=O)C1C=O. The molecule has 1 aliphatic rings. The van der Waals surface area contributed by atoms with Crippen molar-refractivity contribution in [2.45, 2.75) is 5.92 Å². The van der Waals surface area contributed by atoms with E-state index in [9.17, 15) is 14.4 Å². The number of fused-ring (bicyclic) bond motifs is 1. The summed E-state index contributed by atoms with van der Waals surface area (Å²) in [7, 11) is 1.25. The van der Waals surface area contributed by atoms with Crippen LogP contribution in [0.1, 0.15) is 21.8 Å². The maximum atomic E-state index is 11.8. The molecule has 82 valence electrons. The highest BCUT2D eigenvalue weighted by atomic mass is 16.5. The van der Waals surface area contributed by atoms with Crippen molar-refractivity contribution in [3.05, 3.63) is 35.4 Å². The average Bonchev–Trinajstić information content (AvgIpc) is 2.62. The van der Waals surface area contributed by atoms with Crippen molar-refractivity contribution in [2.75, 3.05) is 7.11 Å². The summed E-state index contributed by atoms with van der Waals surface area (Å²) in [4.78, 5) is 34.3. The van der Waals surface area contributed by atoms with E-state index >= 15 is 0 Å². The van der Waals surface area contributed by atoms with E-state index in [0.29, 0.717) is 17.4 Å². The van der Waals surface area contributed by atoms with Crippen LogP contribution in [0.5, 0.6) is 0 Å². The molecule has 0 aromatic heterocycles. The highest BCUT2D eigenvalue weighted by Gasteiger charge is 2.44. The summed E-state index contributed by atoms with van der Waals surface area (Å²) in [6.07, 6.45) is 0.518. The molecule has 0 fully saturated rings. The van der Waals surface area contributed by atoms with Gasteiger partial charge in [0.25, 0.3) is 0 Å². The summed E-state index contributed by atoms with van der Waals surface area (Å²) in [6.45, 7) is 0. The van der Waals surface area contributed by atoms with Crippen LogP contribution in [-0.4, -0.2) is 25.1 Å². The summed E-state index contributed by atoms with van der Waals surface area (Å²) >= 11 is 0. The van der Waals surface area contributed by atoms with E-state index in [0.717, 1.165) is 0 Å². The number of benzene rings is 1. The van der Waals surface area contributed by atoms with Crippen LogP contribution in [0.2, 0.25) is 0 Å². The van der Waals surface area contributed by atoms with Gasteiger partial charge in [-0.3, -0.25) is 9.59 Å². The fourth-order valence-corrected chi connectivity index (χ4v) is 2.06. The van der Waals surface area contributed by atoms with Crippen molar-refractivity contribution in [3.63, 3.8) is 0 Å². The molecule has 1 aliphatic carbocycles. The standard InChI is InChI=1S/C12H10O4/c1-16-12(15)10-7-4-2-3-5-8(7)11(14)9(10)6-13/h2-6,9-10H,1H3. The van der Waals surface area contributed by atoms with Crippen molar-refractivity contribution < 1.29 is 19.1 Å². The summed E-state index contributed by atoms with van der Waals surface area (Å²) in [5.74, 6) is -2.58. The van der Waals surface area contributed by atoms with Crippen LogP contribution in [0, 0.1) is 5.92 Å². The minimum absolute atomic E-state index is 0.305. The number of hydrogen-bond acceptors (Lipinski definition) is 4. The maximum absolute atomic E-state index is 11.8. The van der Waals surface area contributed by atoms with Gasteiger partial charge in [-0.05, 0) is 5.56 Å². The van der Waals surface area contributed by atoms with Gasteiger partial charge in [0.1, 0.15) is 6.29 Å². The number of hydrogen-bond donors (Lipinski definition) is 0. The van der Waals surface area contributed by atoms with Crippen molar-refractivity contribution in [1.82, 2.24) is 0 Å². The van der Waals surface area contributed by atoms with Crippen molar-refractivity contribution in [3.8, 4) is 0 Å². The molecule has 0 saturated heterocycles. The normalized spacial score (nSPS) is 22.7. The van der Waals surface area contributed by atoms with Gasteiger partial charge >= 0.3 is 5.97 Å². The molecular weight excluding hydrogens is 208 g/mol. The Balaban J connectivity index is 2.55. The molecule has 0 N–H and O–H groups in total. The first-order valence-corrected chi connectivity index (χ1v) is 4.87. The number of ether oxygens (including phenoxy) is 1. The molecule has 0 bridgehead atoms. The molecule has 2 unspecified atom stereocenters. The Morgan fingerprint density at radius 3 is 2.69 bits per heavy atom. The van der Waals surface area contributed by atoms with E-state index in [4.69, 9.17) is 0 Å². The Morgan fingerprint density at radius 1 is 1.38 bits per heavy atom. The van der Waals surface area contributed by atoms with E-state index in [1.54, 1.807) is 24.3 Å². The van der Waals surface area contributed by atoms with E-state index in [1.807, 2.05) is 0 Å². The maximum Gasteiger partial charge on any atom is 0.314 e. The van der Waals surface area contributed by atoms with Gasteiger partial charge in [0.05, 0.1) is 18.9 Å². The highest BCUT2D eigenvalue weighted by molar-refractivity contribution is 6.14. The van der Waals surface area contributed by atoms with Crippen molar-refractivity contribution in [1.29, 1.82) is 0 Å². The van der Waals surface area contributed by atoms with Crippen molar-refractivity contribution >= 4 is 18.0 Å². The van der Waals surface area contributed by atoms with Gasteiger partial charge < -0.3 is 9.53 Å². The Kier molecular flexibility index (Phi) is 2.56. The minimum atomic E-state index is -0.940. The molecule has 2 atom stereocenters. The zero-order valence-corrected chi connectivity index (χ0v) is 8.67. The minimum Gasteiger partial charge on any atom is -0.469 e. The van der Waals surface area contributed by atoms with Gasteiger partial charge in [-0.15, -0.1) is 0 Å². The quantitative estimate of drug-likeness (QED) is 0.421. The molecule has 1 aromatic rings. The molecule has 0 saturated carbocycles. The number of esters is 1. The number of rotatable bonds is 2. The fraction of sp³-hybridized carbons (Fsp3) is 0.250. The topological polar surface area (TPSA) is 60.4 Å². The van der Waals surface area contributed by atoms with Gasteiger partial charge in [-0.1, -0.05) is 24.3 Å². The third-order valence-electron chi connectivity index (χ3n) is 2.82. The summed E-state index contributed by atoms with van der Waals surface area (Å²) in [5.41, 5.74) is 1.02. The monoisotopic (exact) mass is 218 g/mol. The summed E-state index contributed by atoms with van der Waals surface area (Å²) in [6, 6.07) is 6.74.